The molecular formula is C26H18N6S3. The molecule has 0 fully saturated rings. The van der Waals surface area contributed by atoms with Crippen molar-refractivity contribution in [2.45, 2.75) is 39.8 Å². The first kappa shape index (κ1) is 22.9. The molecule has 170 valence electrons. The normalized spacial score (nSPS) is 10.9. The Morgan fingerprint density at radius 1 is 0.686 bits per heavy atom. The molecule has 0 aliphatic carbocycles. The molecule has 0 atom stereocenters. The summed E-state index contributed by atoms with van der Waals surface area (Å²) < 4.78 is 9.59. The van der Waals surface area contributed by atoms with Crippen molar-refractivity contribution in [3.8, 4) is 24.3 Å². The molecule has 0 unspecified atom stereocenters. The average molecular weight is 511 g/mol. The molecule has 5 rings (SSSR count). The van der Waals surface area contributed by atoms with Gasteiger partial charge in [-0.2, -0.15) is 21.0 Å². The lowest BCUT2D eigenvalue weighted by Gasteiger charge is -2.07. The van der Waals surface area contributed by atoms with Crippen molar-refractivity contribution in [1.29, 1.82) is 21.0 Å². The number of nitrogens with zero attached hydrogens (tertiary/aromatic N) is 6. The molecule has 0 aliphatic heterocycles. The van der Waals surface area contributed by atoms with Crippen LogP contribution in [0.25, 0.3) is 53.0 Å². The number of hydrogen-bond acceptors (Lipinski definition) is 7. The highest BCUT2D eigenvalue weighted by atomic mass is 32.1. The first-order chi connectivity index (χ1) is 17.1. The van der Waals surface area contributed by atoms with Crippen LogP contribution in [0, 0.1) is 45.3 Å². The van der Waals surface area contributed by atoms with E-state index in [2.05, 4.69) is 35.1 Å². The van der Waals surface area contributed by atoms with E-state index in [1.807, 2.05) is 24.3 Å². The Morgan fingerprint density at radius 3 is 1.43 bits per heavy atom. The summed E-state index contributed by atoms with van der Waals surface area (Å²) in [6, 6.07) is 12.0. The molecule has 35 heavy (non-hydrogen) atoms. The van der Waals surface area contributed by atoms with Crippen molar-refractivity contribution in [3.05, 3.63) is 33.0 Å². The highest BCUT2D eigenvalue weighted by Gasteiger charge is 2.25. The van der Waals surface area contributed by atoms with Crippen molar-refractivity contribution in [1.82, 2.24) is 9.13 Å². The van der Waals surface area contributed by atoms with Gasteiger partial charge in [-0.25, -0.2) is 0 Å². The van der Waals surface area contributed by atoms with Crippen LogP contribution >= 0.6 is 34.0 Å². The number of hydrogen-bond donors (Lipinski definition) is 0. The van der Waals surface area contributed by atoms with Crippen LogP contribution in [0.1, 0.15) is 36.4 Å². The summed E-state index contributed by atoms with van der Waals surface area (Å²) in [4.78, 5) is 1.81. The van der Waals surface area contributed by atoms with E-state index in [0.717, 1.165) is 46.7 Å². The van der Waals surface area contributed by atoms with E-state index in [0.29, 0.717) is 0 Å². The Labute approximate surface area is 213 Å². The molecule has 0 aromatic carbocycles. The number of aromatic nitrogens is 2. The van der Waals surface area contributed by atoms with Gasteiger partial charge in [0.15, 0.2) is 0 Å². The van der Waals surface area contributed by atoms with E-state index in [4.69, 9.17) is 0 Å². The number of thiophene rings is 3. The Morgan fingerprint density at radius 2 is 1.09 bits per heavy atom. The van der Waals surface area contributed by atoms with Gasteiger partial charge in [-0.05, 0) is 37.1 Å². The van der Waals surface area contributed by atoms with Crippen molar-refractivity contribution in [3.63, 3.8) is 0 Å². The average Bonchev–Trinajstić information content (AvgIpc) is 3.64. The molecule has 6 nitrogen and oxygen atoms in total. The maximum Gasteiger partial charge on any atom is 0.131 e. The molecule has 0 spiro atoms. The van der Waals surface area contributed by atoms with Crippen LogP contribution in [-0.4, -0.2) is 9.13 Å². The molecule has 0 saturated heterocycles. The number of aryl methyl sites for hydroxylation is 2. The zero-order valence-corrected chi connectivity index (χ0v) is 21.5. The van der Waals surface area contributed by atoms with E-state index >= 15 is 0 Å². The molecule has 5 heterocycles. The SMILES string of the molecule is CCCn1c2cc(C=C(C#N)C#N)sc2c2sc3c4sc(C=C(C#N)C#N)cc4n(CCC)c3c21. The molecule has 0 radical (unpaired) electrons. The van der Waals surface area contributed by atoms with Gasteiger partial charge >= 0.3 is 0 Å². The Kier molecular flexibility index (Phi) is 5.93. The molecular weight excluding hydrogens is 493 g/mol. The predicted octanol–water partition coefficient (Wildman–Crippen LogP) is 7.77. The van der Waals surface area contributed by atoms with E-state index in [1.165, 1.54) is 29.8 Å². The van der Waals surface area contributed by atoms with Gasteiger partial charge in [-0.1, -0.05) is 13.8 Å². The van der Waals surface area contributed by atoms with E-state index in [9.17, 15) is 21.0 Å². The predicted molar refractivity (Wildman–Crippen MR) is 145 cm³/mol. The summed E-state index contributed by atoms with van der Waals surface area (Å²) >= 11 is 5.02. The largest absolute Gasteiger partial charge is 0.337 e. The van der Waals surface area contributed by atoms with Crippen molar-refractivity contribution in [2.75, 3.05) is 0 Å². The first-order valence-electron chi connectivity index (χ1n) is 11.1. The van der Waals surface area contributed by atoms with Gasteiger partial charge in [0.1, 0.15) is 35.4 Å². The standard InChI is InChI=1S/C26H18N6S3/c1-3-5-31-19-9-17(7-15(11-27)12-28)33-23(19)25-21(31)22-26(35-25)24-20(32(22)6-4-2)10-18(34-24)8-16(13-29)14-30/h7-10H,3-6H2,1-2H3. The Hall–Kier alpha value is -3.86. The third kappa shape index (κ3) is 3.54. The van der Waals surface area contributed by atoms with Gasteiger partial charge in [0.2, 0.25) is 0 Å². The number of nitriles is 4. The lowest BCUT2D eigenvalue weighted by atomic mass is 10.3. The molecule has 0 saturated carbocycles. The van der Waals surface area contributed by atoms with E-state index in [-0.39, 0.29) is 11.1 Å². The summed E-state index contributed by atoms with van der Waals surface area (Å²) in [5.41, 5.74) is 4.98. The van der Waals surface area contributed by atoms with Crippen LogP contribution in [-0.2, 0) is 13.1 Å². The highest BCUT2D eigenvalue weighted by Crippen LogP contribution is 2.49. The van der Waals surface area contributed by atoms with Crippen molar-refractivity contribution >= 4 is 87.0 Å². The highest BCUT2D eigenvalue weighted by molar-refractivity contribution is 7.34. The van der Waals surface area contributed by atoms with Crippen LogP contribution in [0.15, 0.2) is 23.3 Å². The van der Waals surface area contributed by atoms with Crippen LogP contribution in [0.2, 0.25) is 0 Å². The summed E-state index contributed by atoms with van der Waals surface area (Å²) in [7, 11) is 0. The first-order valence-corrected chi connectivity index (χ1v) is 13.6. The van der Waals surface area contributed by atoms with E-state index in [1.54, 1.807) is 46.2 Å². The Bertz CT molecular complexity index is 1700. The minimum absolute atomic E-state index is 0.105. The molecule has 5 aromatic heterocycles. The van der Waals surface area contributed by atoms with Gasteiger partial charge in [-0.3, -0.25) is 0 Å². The minimum atomic E-state index is 0.105. The summed E-state index contributed by atoms with van der Waals surface area (Å²) in [6.07, 6.45) is 5.30. The lowest BCUT2D eigenvalue weighted by Crippen LogP contribution is -1.99. The summed E-state index contributed by atoms with van der Waals surface area (Å²) in [5, 5.41) is 36.7. The van der Waals surface area contributed by atoms with Crippen LogP contribution < -0.4 is 0 Å². The molecule has 0 N–H and O–H groups in total. The fourth-order valence-corrected chi connectivity index (χ4v) is 8.30. The zero-order valence-electron chi connectivity index (χ0n) is 19.0. The van der Waals surface area contributed by atoms with Crippen molar-refractivity contribution in [2.24, 2.45) is 0 Å². The molecule has 5 aromatic rings. The van der Waals surface area contributed by atoms with E-state index < -0.39 is 0 Å². The van der Waals surface area contributed by atoms with Gasteiger partial charge in [0, 0.05) is 22.8 Å². The number of fused-ring (bicyclic) bond motifs is 7. The second-order valence-electron chi connectivity index (χ2n) is 8.05. The molecule has 0 aliphatic rings. The van der Waals surface area contributed by atoms with Crippen molar-refractivity contribution < 1.29 is 0 Å². The fourth-order valence-electron chi connectivity index (χ4n) is 4.51. The van der Waals surface area contributed by atoms with Gasteiger partial charge in [0.25, 0.3) is 0 Å². The topological polar surface area (TPSA) is 105 Å². The second kappa shape index (κ2) is 9.06. The molecule has 9 heteroatoms. The summed E-state index contributed by atoms with van der Waals surface area (Å²) in [6.45, 7) is 6.09. The summed E-state index contributed by atoms with van der Waals surface area (Å²) in [5.74, 6) is 0. The van der Waals surface area contributed by atoms with Crippen LogP contribution in [0.3, 0.4) is 0 Å². The zero-order chi connectivity index (χ0) is 24.7. The van der Waals surface area contributed by atoms with Gasteiger partial charge < -0.3 is 9.13 Å². The maximum absolute atomic E-state index is 9.18. The van der Waals surface area contributed by atoms with Gasteiger partial charge in [-0.15, -0.1) is 34.0 Å². The molecule has 0 amide bonds. The smallest absolute Gasteiger partial charge is 0.131 e. The van der Waals surface area contributed by atoms with Gasteiger partial charge in [0.05, 0.1) is 40.9 Å². The molecule has 0 bridgehead atoms. The van der Waals surface area contributed by atoms with Crippen LogP contribution in [0.5, 0.6) is 0 Å². The third-order valence-corrected chi connectivity index (χ3v) is 9.44. The quantitative estimate of drug-likeness (QED) is 0.218. The number of rotatable bonds is 6. The Balaban J connectivity index is 1.84. The maximum atomic E-state index is 9.18. The second-order valence-corrected chi connectivity index (χ2v) is 11.2. The monoisotopic (exact) mass is 510 g/mol. The lowest BCUT2D eigenvalue weighted by molar-refractivity contribution is 0.711. The van der Waals surface area contributed by atoms with Crippen LogP contribution in [0.4, 0.5) is 0 Å². The fraction of sp³-hybridized carbons (Fsp3) is 0.231. The number of allylic oxidation sites excluding steroid dienone is 2. The third-order valence-electron chi connectivity index (χ3n) is 5.80. The minimum Gasteiger partial charge on any atom is -0.337 e.